The zero-order chi connectivity index (χ0) is 23.0. The van der Waals surface area contributed by atoms with Crippen LogP contribution in [0, 0.1) is 13.8 Å². The molecule has 1 N–H and O–H groups in total. The zero-order valence-electron chi connectivity index (χ0n) is 17.5. The Bertz CT molecular complexity index is 1410. The molecule has 4 rings (SSSR count). The number of anilines is 1. The summed E-state index contributed by atoms with van der Waals surface area (Å²) in [5.74, 6) is 0.449. The molecule has 0 unspecified atom stereocenters. The summed E-state index contributed by atoms with van der Waals surface area (Å²) in [6, 6.07) is 12.0. The molecule has 0 bridgehead atoms. The highest BCUT2D eigenvalue weighted by molar-refractivity contribution is 7.18. The summed E-state index contributed by atoms with van der Waals surface area (Å²) in [4.78, 5) is 32.7. The Morgan fingerprint density at radius 3 is 2.59 bits per heavy atom. The van der Waals surface area contributed by atoms with Crippen molar-refractivity contribution in [1.82, 2.24) is 9.55 Å². The second-order valence-corrected chi connectivity index (χ2v) is 9.19. The fraction of sp³-hybridized carbons (Fsp3) is 0.174. The molecule has 0 spiro atoms. The number of carbonyl (C=O) groups is 1. The molecule has 0 saturated heterocycles. The van der Waals surface area contributed by atoms with E-state index in [1.54, 1.807) is 36.4 Å². The number of aromatic nitrogens is 2. The second-order valence-electron chi connectivity index (χ2n) is 7.17. The molecule has 2 aromatic heterocycles. The number of rotatable bonds is 5. The van der Waals surface area contributed by atoms with Gasteiger partial charge in [0.15, 0.2) is 0 Å². The Labute approximate surface area is 198 Å². The lowest BCUT2D eigenvalue weighted by molar-refractivity contribution is -0.116. The topological polar surface area (TPSA) is 73.2 Å². The summed E-state index contributed by atoms with van der Waals surface area (Å²) in [7, 11) is 1.51. The normalized spacial score (nSPS) is 11.0. The number of nitrogens with zero attached hydrogens (tertiary/aromatic N) is 2. The van der Waals surface area contributed by atoms with E-state index in [1.807, 2.05) is 19.9 Å². The molecule has 0 aliphatic rings. The summed E-state index contributed by atoms with van der Waals surface area (Å²) in [6.45, 7) is 3.59. The molecule has 4 aromatic rings. The van der Waals surface area contributed by atoms with Crippen LogP contribution in [0.1, 0.15) is 10.4 Å². The number of amides is 1. The summed E-state index contributed by atoms with van der Waals surface area (Å²) in [5.41, 5.74) is 1.65. The number of methoxy groups -OCH3 is 1. The number of halogens is 2. The average Bonchev–Trinajstić information content (AvgIpc) is 3.04. The molecule has 32 heavy (non-hydrogen) atoms. The first-order valence-corrected chi connectivity index (χ1v) is 11.3. The van der Waals surface area contributed by atoms with Crippen LogP contribution in [0.3, 0.4) is 0 Å². The van der Waals surface area contributed by atoms with E-state index in [9.17, 15) is 9.59 Å². The summed E-state index contributed by atoms with van der Waals surface area (Å²) in [5, 5.41) is 4.10. The van der Waals surface area contributed by atoms with Gasteiger partial charge < -0.3 is 10.1 Å². The first kappa shape index (κ1) is 22.3. The predicted molar refractivity (Wildman–Crippen MR) is 130 cm³/mol. The van der Waals surface area contributed by atoms with Crippen LogP contribution in [0.4, 0.5) is 5.69 Å². The van der Waals surface area contributed by atoms with E-state index in [0.717, 1.165) is 10.4 Å². The number of benzene rings is 2. The maximum atomic E-state index is 13.5. The van der Waals surface area contributed by atoms with Crippen LogP contribution in [-0.4, -0.2) is 22.6 Å². The van der Waals surface area contributed by atoms with E-state index in [-0.39, 0.29) is 12.1 Å². The Hall–Kier alpha value is -2.87. The highest BCUT2D eigenvalue weighted by Gasteiger charge is 2.20. The Morgan fingerprint density at radius 2 is 1.91 bits per heavy atom. The average molecular weight is 488 g/mol. The molecule has 0 aliphatic heterocycles. The summed E-state index contributed by atoms with van der Waals surface area (Å²) < 4.78 is 6.50. The van der Waals surface area contributed by atoms with Crippen LogP contribution in [0.25, 0.3) is 21.6 Å². The third-order valence-electron chi connectivity index (χ3n) is 5.14. The van der Waals surface area contributed by atoms with Crippen molar-refractivity contribution in [3.05, 3.63) is 73.3 Å². The maximum absolute atomic E-state index is 13.5. The molecule has 6 nitrogen and oxygen atoms in total. The highest BCUT2D eigenvalue weighted by Crippen LogP contribution is 2.31. The molecule has 164 valence electrons. The Balaban J connectivity index is 1.79. The van der Waals surface area contributed by atoms with Gasteiger partial charge in [-0.2, -0.15) is 0 Å². The van der Waals surface area contributed by atoms with E-state index < -0.39 is 5.91 Å². The van der Waals surface area contributed by atoms with Crippen LogP contribution in [-0.2, 0) is 11.3 Å². The maximum Gasteiger partial charge on any atom is 0.263 e. The number of fused-ring (bicyclic) bond motifs is 1. The van der Waals surface area contributed by atoms with E-state index in [2.05, 4.69) is 5.32 Å². The SMILES string of the molecule is COc1ccc(NC(=O)Cn2c(-c3ccccc3Cl)nc3sc(C)c(C)c3c2=O)cc1Cl. The van der Waals surface area contributed by atoms with Gasteiger partial charge in [-0.15, -0.1) is 11.3 Å². The molecule has 0 aliphatic carbocycles. The minimum Gasteiger partial charge on any atom is -0.495 e. The van der Waals surface area contributed by atoms with Crippen LogP contribution >= 0.6 is 34.5 Å². The number of thiophene rings is 1. The van der Waals surface area contributed by atoms with Gasteiger partial charge in [-0.1, -0.05) is 35.3 Å². The van der Waals surface area contributed by atoms with Gasteiger partial charge in [0.2, 0.25) is 5.91 Å². The molecule has 1 amide bonds. The molecular weight excluding hydrogens is 469 g/mol. The summed E-state index contributed by atoms with van der Waals surface area (Å²) in [6.07, 6.45) is 0. The lowest BCUT2D eigenvalue weighted by atomic mass is 10.1. The van der Waals surface area contributed by atoms with E-state index in [1.165, 1.54) is 23.0 Å². The standard InChI is InChI=1S/C23H19Cl2N3O3S/c1-12-13(2)32-22-20(12)23(30)28(21(27-22)15-6-4-5-7-16(15)24)11-19(29)26-14-8-9-18(31-3)17(25)10-14/h4-10H,11H2,1-3H3,(H,26,29). The van der Waals surface area contributed by atoms with Gasteiger partial charge in [-0.3, -0.25) is 14.2 Å². The minimum absolute atomic E-state index is 0.236. The zero-order valence-corrected chi connectivity index (χ0v) is 19.9. The fourth-order valence-electron chi connectivity index (χ4n) is 3.41. The molecule has 2 aromatic carbocycles. The number of hydrogen-bond acceptors (Lipinski definition) is 5. The second kappa shape index (κ2) is 8.94. The van der Waals surface area contributed by atoms with Crippen molar-refractivity contribution in [3.63, 3.8) is 0 Å². The van der Waals surface area contributed by atoms with Gasteiger partial charge in [0.25, 0.3) is 5.56 Å². The van der Waals surface area contributed by atoms with Crippen molar-refractivity contribution < 1.29 is 9.53 Å². The van der Waals surface area contributed by atoms with Crippen molar-refractivity contribution in [2.75, 3.05) is 12.4 Å². The number of aryl methyl sites for hydroxylation is 2. The Kier molecular flexibility index (Phi) is 6.24. The van der Waals surface area contributed by atoms with Gasteiger partial charge >= 0.3 is 0 Å². The molecule has 0 fully saturated rings. The molecule has 0 saturated carbocycles. The van der Waals surface area contributed by atoms with Crippen molar-refractivity contribution in [3.8, 4) is 17.1 Å². The first-order valence-electron chi connectivity index (χ1n) is 9.69. The van der Waals surface area contributed by atoms with Gasteiger partial charge in [0.1, 0.15) is 22.9 Å². The molecule has 2 heterocycles. The fourth-order valence-corrected chi connectivity index (χ4v) is 4.91. The quantitative estimate of drug-likeness (QED) is 0.392. The van der Waals surface area contributed by atoms with Crippen LogP contribution in [0.15, 0.2) is 47.3 Å². The first-order chi connectivity index (χ1) is 15.3. The third-order valence-corrected chi connectivity index (χ3v) is 6.87. The smallest absolute Gasteiger partial charge is 0.263 e. The summed E-state index contributed by atoms with van der Waals surface area (Å²) >= 11 is 14.0. The Morgan fingerprint density at radius 1 is 1.16 bits per heavy atom. The van der Waals surface area contributed by atoms with Crippen LogP contribution in [0.5, 0.6) is 5.75 Å². The minimum atomic E-state index is -0.396. The lowest BCUT2D eigenvalue weighted by Crippen LogP contribution is -2.30. The van der Waals surface area contributed by atoms with Gasteiger partial charge in [-0.25, -0.2) is 4.98 Å². The van der Waals surface area contributed by atoms with E-state index in [0.29, 0.717) is 43.1 Å². The largest absolute Gasteiger partial charge is 0.495 e. The highest BCUT2D eigenvalue weighted by atomic mass is 35.5. The lowest BCUT2D eigenvalue weighted by Gasteiger charge is -2.14. The number of ether oxygens (including phenoxy) is 1. The molecule has 0 radical (unpaired) electrons. The van der Waals surface area contributed by atoms with Crippen LogP contribution < -0.4 is 15.6 Å². The number of hydrogen-bond donors (Lipinski definition) is 1. The van der Waals surface area contributed by atoms with Crippen molar-refractivity contribution >= 4 is 56.3 Å². The molecule has 0 atom stereocenters. The van der Waals surface area contributed by atoms with Crippen molar-refractivity contribution in [2.24, 2.45) is 0 Å². The van der Waals surface area contributed by atoms with Gasteiger partial charge in [-0.05, 0) is 49.7 Å². The van der Waals surface area contributed by atoms with E-state index in [4.69, 9.17) is 32.9 Å². The number of nitrogens with one attached hydrogen (secondary N) is 1. The van der Waals surface area contributed by atoms with Crippen molar-refractivity contribution in [1.29, 1.82) is 0 Å². The van der Waals surface area contributed by atoms with Gasteiger partial charge in [0.05, 0.1) is 22.5 Å². The third kappa shape index (κ3) is 4.11. The monoisotopic (exact) mass is 487 g/mol. The number of carbonyl (C=O) groups excluding carboxylic acids is 1. The van der Waals surface area contributed by atoms with Crippen LogP contribution in [0.2, 0.25) is 10.0 Å². The van der Waals surface area contributed by atoms with Crippen molar-refractivity contribution in [2.45, 2.75) is 20.4 Å². The molecule has 9 heteroatoms. The predicted octanol–water partition coefficient (Wildman–Crippen LogP) is 5.70. The van der Waals surface area contributed by atoms with Gasteiger partial charge in [0, 0.05) is 16.1 Å². The molecular formula is C23H19Cl2N3O3S. The van der Waals surface area contributed by atoms with E-state index >= 15 is 0 Å².